The molecule has 160 valence electrons. The summed E-state index contributed by atoms with van der Waals surface area (Å²) in [6, 6.07) is 23.7. The van der Waals surface area contributed by atoms with Crippen LogP contribution in [-0.4, -0.2) is 29.1 Å². The topological polar surface area (TPSA) is 93.2 Å². The summed E-state index contributed by atoms with van der Waals surface area (Å²) >= 11 is 1.28. The second-order valence-electron chi connectivity index (χ2n) is 6.88. The highest BCUT2D eigenvalue weighted by molar-refractivity contribution is 7.18. The van der Waals surface area contributed by atoms with E-state index in [1.165, 1.54) is 11.3 Å². The molecule has 0 radical (unpaired) electrons. The summed E-state index contributed by atoms with van der Waals surface area (Å²) in [6.07, 6.45) is 0.288. The predicted molar refractivity (Wildman–Crippen MR) is 125 cm³/mol. The van der Waals surface area contributed by atoms with Crippen molar-refractivity contribution in [1.82, 2.24) is 10.2 Å². The molecule has 2 N–H and O–H groups in total. The van der Waals surface area contributed by atoms with E-state index < -0.39 is 0 Å². The molecule has 0 aliphatic rings. The van der Waals surface area contributed by atoms with Crippen molar-refractivity contribution in [1.29, 1.82) is 0 Å². The molecule has 7 nitrogen and oxygen atoms in total. The van der Waals surface area contributed by atoms with Gasteiger partial charge in [-0.25, -0.2) is 0 Å². The van der Waals surface area contributed by atoms with Crippen LogP contribution in [0.4, 0.5) is 10.8 Å². The Morgan fingerprint density at radius 2 is 1.59 bits per heavy atom. The summed E-state index contributed by atoms with van der Waals surface area (Å²) < 4.78 is 5.16. The van der Waals surface area contributed by atoms with Crippen LogP contribution in [0.1, 0.15) is 15.9 Å². The molecule has 3 aromatic carbocycles. The molecule has 4 aromatic rings. The van der Waals surface area contributed by atoms with Gasteiger partial charge in [0.25, 0.3) is 5.91 Å². The molecule has 0 fully saturated rings. The molecule has 0 aliphatic carbocycles. The molecule has 32 heavy (non-hydrogen) atoms. The maximum atomic E-state index is 12.5. The zero-order chi connectivity index (χ0) is 22.3. The second-order valence-corrected chi connectivity index (χ2v) is 7.86. The highest BCUT2D eigenvalue weighted by Gasteiger charge is 2.12. The van der Waals surface area contributed by atoms with Crippen LogP contribution in [0.25, 0.3) is 10.6 Å². The first kappa shape index (κ1) is 21.2. The first-order chi connectivity index (χ1) is 15.6. The van der Waals surface area contributed by atoms with Gasteiger partial charge in [-0.15, -0.1) is 10.2 Å². The van der Waals surface area contributed by atoms with Crippen molar-refractivity contribution in [2.75, 3.05) is 17.7 Å². The Morgan fingerprint density at radius 3 is 2.28 bits per heavy atom. The molecule has 0 spiro atoms. The number of nitrogens with one attached hydrogen (secondary N) is 2. The maximum absolute atomic E-state index is 12.5. The standard InChI is InChI=1S/C24H20N4O3S/c1-31-20-13-9-18(10-14-20)23-27-28-24(32-23)26-22(30)17-7-11-19(12-8-17)25-21(29)15-16-5-3-2-4-6-16/h2-14H,15H2,1H3,(H,25,29)(H,26,28,30). The first-order valence-corrected chi connectivity index (χ1v) is 10.7. The summed E-state index contributed by atoms with van der Waals surface area (Å²) in [7, 11) is 1.61. The Morgan fingerprint density at radius 1 is 0.875 bits per heavy atom. The molecule has 2 amide bonds. The highest BCUT2D eigenvalue weighted by Crippen LogP contribution is 2.28. The van der Waals surface area contributed by atoms with Crippen LogP contribution < -0.4 is 15.4 Å². The van der Waals surface area contributed by atoms with Crippen molar-refractivity contribution < 1.29 is 14.3 Å². The van der Waals surface area contributed by atoms with Gasteiger partial charge < -0.3 is 10.1 Å². The summed E-state index contributed by atoms with van der Waals surface area (Å²) in [5.41, 5.74) is 2.90. The number of anilines is 2. The van der Waals surface area contributed by atoms with Crippen LogP contribution >= 0.6 is 11.3 Å². The van der Waals surface area contributed by atoms with Gasteiger partial charge in [-0.2, -0.15) is 0 Å². The van der Waals surface area contributed by atoms with Gasteiger partial charge in [0.1, 0.15) is 10.8 Å². The molecule has 0 unspecified atom stereocenters. The van der Waals surface area contributed by atoms with Gasteiger partial charge in [0.05, 0.1) is 13.5 Å². The Bertz CT molecular complexity index is 1210. The molecule has 0 atom stereocenters. The normalized spacial score (nSPS) is 10.4. The van der Waals surface area contributed by atoms with Crippen molar-refractivity contribution in [2.24, 2.45) is 0 Å². The van der Waals surface area contributed by atoms with E-state index in [4.69, 9.17) is 4.74 Å². The number of hydrogen-bond donors (Lipinski definition) is 2. The van der Waals surface area contributed by atoms with E-state index in [-0.39, 0.29) is 18.2 Å². The van der Waals surface area contributed by atoms with E-state index in [0.29, 0.717) is 21.4 Å². The summed E-state index contributed by atoms with van der Waals surface area (Å²) in [5.74, 6) is 0.337. The second kappa shape index (κ2) is 9.84. The van der Waals surface area contributed by atoms with Gasteiger partial charge in [0, 0.05) is 16.8 Å². The fourth-order valence-electron chi connectivity index (χ4n) is 2.98. The molecule has 1 heterocycles. The smallest absolute Gasteiger partial charge is 0.257 e. The highest BCUT2D eigenvalue weighted by atomic mass is 32.1. The summed E-state index contributed by atoms with van der Waals surface area (Å²) in [5, 5.41) is 14.9. The Labute approximate surface area is 189 Å². The largest absolute Gasteiger partial charge is 0.497 e. The number of methoxy groups -OCH3 is 1. The van der Waals surface area contributed by atoms with Crippen molar-refractivity contribution in [2.45, 2.75) is 6.42 Å². The van der Waals surface area contributed by atoms with Gasteiger partial charge in [-0.05, 0) is 54.1 Å². The van der Waals surface area contributed by atoms with Crippen molar-refractivity contribution in [3.05, 3.63) is 90.0 Å². The Hall–Kier alpha value is -4.04. The lowest BCUT2D eigenvalue weighted by Crippen LogP contribution is -2.15. The zero-order valence-electron chi connectivity index (χ0n) is 17.2. The van der Waals surface area contributed by atoms with Gasteiger partial charge in [-0.1, -0.05) is 41.7 Å². The maximum Gasteiger partial charge on any atom is 0.257 e. The third-order valence-corrected chi connectivity index (χ3v) is 5.51. The number of amides is 2. The number of carbonyl (C=O) groups excluding carboxylic acids is 2. The number of ether oxygens (including phenoxy) is 1. The Balaban J connectivity index is 1.34. The molecular weight excluding hydrogens is 424 g/mol. The van der Waals surface area contributed by atoms with E-state index in [1.54, 1.807) is 31.4 Å². The molecule has 0 aliphatic heterocycles. The minimum atomic E-state index is -0.301. The van der Waals surface area contributed by atoms with Gasteiger partial charge >= 0.3 is 0 Å². The van der Waals surface area contributed by atoms with E-state index >= 15 is 0 Å². The summed E-state index contributed by atoms with van der Waals surface area (Å²) in [6.45, 7) is 0. The first-order valence-electron chi connectivity index (χ1n) is 9.84. The van der Waals surface area contributed by atoms with Gasteiger partial charge in [0.15, 0.2) is 0 Å². The van der Waals surface area contributed by atoms with Gasteiger partial charge in [0.2, 0.25) is 11.0 Å². The number of nitrogens with zero attached hydrogens (tertiary/aromatic N) is 2. The number of carbonyl (C=O) groups is 2. The molecule has 0 bridgehead atoms. The molecule has 1 aromatic heterocycles. The SMILES string of the molecule is COc1ccc(-c2nnc(NC(=O)c3ccc(NC(=O)Cc4ccccc4)cc3)s2)cc1. The van der Waals surface area contributed by atoms with Crippen LogP contribution in [0.5, 0.6) is 5.75 Å². The molecular formula is C24H20N4O3S. The lowest BCUT2D eigenvalue weighted by Gasteiger charge is -2.07. The number of hydrogen-bond acceptors (Lipinski definition) is 6. The van der Waals surface area contributed by atoms with Crippen LogP contribution in [0.15, 0.2) is 78.9 Å². The molecule has 0 saturated carbocycles. The summed E-state index contributed by atoms with van der Waals surface area (Å²) in [4.78, 5) is 24.7. The van der Waals surface area contributed by atoms with Gasteiger partial charge in [-0.3, -0.25) is 14.9 Å². The number of benzene rings is 3. The average molecular weight is 445 g/mol. The fraction of sp³-hybridized carbons (Fsp3) is 0.0833. The molecule has 0 saturated heterocycles. The van der Waals surface area contributed by atoms with E-state index in [2.05, 4.69) is 20.8 Å². The van der Waals surface area contributed by atoms with E-state index in [9.17, 15) is 9.59 Å². The van der Waals surface area contributed by atoms with Crippen molar-refractivity contribution in [3.63, 3.8) is 0 Å². The average Bonchev–Trinajstić information content (AvgIpc) is 3.28. The fourth-order valence-corrected chi connectivity index (χ4v) is 3.73. The quantitative estimate of drug-likeness (QED) is 0.433. The molecule has 8 heteroatoms. The minimum Gasteiger partial charge on any atom is -0.497 e. The Kier molecular flexibility index (Phi) is 6.52. The van der Waals surface area contributed by atoms with E-state index in [0.717, 1.165) is 16.9 Å². The number of aromatic nitrogens is 2. The van der Waals surface area contributed by atoms with Crippen LogP contribution in [0.2, 0.25) is 0 Å². The molecule has 4 rings (SSSR count). The lowest BCUT2D eigenvalue weighted by molar-refractivity contribution is -0.115. The number of rotatable bonds is 7. The van der Waals surface area contributed by atoms with Crippen LogP contribution in [-0.2, 0) is 11.2 Å². The zero-order valence-corrected chi connectivity index (χ0v) is 18.1. The third kappa shape index (κ3) is 5.35. The van der Waals surface area contributed by atoms with E-state index in [1.807, 2.05) is 54.6 Å². The monoisotopic (exact) mass is 444 g/mol. The van der Waals surface area contributed by atoms with Crippen LogP contribution in [0, 0.1) is 0 Å². The van der Waals surface area contributed by atoms with Crippen molar-refractivity contribution >= 4 is 34.0 Å². The third-order valence-electron chi connectivity index (χ3n) is 4.62. The lowest BCUT2D eigenvalue weighted by atomic mass is 10.1. The minimum absolute atomic E-state index is 0.117. The predicted octanol–water partition coefficient (Wildman–Crippen LogP) is 4.65. The van der Waals surface area contributed by atoms with Crippen LogP contribution in [0.3, 0.4) is 0 Å². The van der Waals surface area contributed by atoms with Crippen molar-refractivity contribution in [3.8, 4) is 16.3 Å².